The molecule has 0 N–H and O–H groups in total. The second kappa shape index (κ2) is 14.3. The van der Waals surface area contributed by atoms with Crippen LogP contribution in [0.3, 0.4) is 0 Å². The maximum Gasteiger partial charge on any atom is 0.137 e. The van der Waals surface area contributed by atoms with Crippen LogP contribution in [-0.4, -0.2) is 28.0 Å². The van der Waals surface area contributed by atoms with E-state index in [-0.39, 0.29) is 16.9 Å². The number of aromatic nitrogens is 2. The standard InChI is InChI=1S/C47H54N4O/c1-9-16-32(17-10-2)41-31-50(36-28-34(46(3,4)5)27-35(29-36)47(6,7)8)45(49-41)33-18-15-19-37(26-33)52-38-23-24-40-39-20-11-12-21-42(39)51(43(40)30-38)44-22-13-14-25-48-44/h11-15,18-30,32,41H,9-10,16-17,31H2,1-8H3/t41-/m1/s1. The number of para-hydroxylation sites is 1. The lowest BCUT2D eigenvalue weighted by molar-refractivity contribution is 0.377. The summed E-state index contributed by atoms with van der Waals surface area (Å²) in [6.45, 7) is 19.4. The Labute approximate surface area is 310 Å². The molecule has 1 aliphatic heterocycles. The van der Waals surface area contributed by atoms with E-state index in [1.165, 1.54) is 53.3 Å². The highest BCUT2D eigenvalue weighted by Gasteiger charge is 2.33. The minimum atomic E-state index is 0.0243. The van der Waals surface area contributed by atoms with E-state index in [9.17, 15) is 0 Å². The molecular weight excluding hydrogens is 637 g/mol. The Morgan fingerprint density at radius 1 is 0.692 bits per heavy atom. The molecule has 2 aromatic heterocycles. The molecule has 0 fully saturated rings. The summed E-state index contributed by atoms with van der Waals surface area (Å²) in [6.07, 6.45) is 6.58. The first kappa shape index (κ1) is 35.5. The molecule has 3 heterocycles. The molecule has 5 heteroatoms. The molecule has 0 unspecified atom stereocenters. The lowest BCUT2D eigenvalue weighted by Crippen LogP contribution is -2.32. The van der Waals surface area contributed by atoms with Crippen molar-refractivity contribution in [2.75, 3.05) is 11.4 Å². The monoisotopic (exact) mass is 690 g/mol. The van der Waals surface area contributed by atoms with Gasteiger partial charge >= 0.3 is 0 Å². The summed E-state index contributed by atoms with van der Waals surface area (Å²) in [5.41, 5.74) is 7.25. The van der Waals surface area contributed by atoms with Crippen LogP contribution in [0.25, 0.3) is 27.6 Å². The molecule has 1 aliphatic rings. The maximum atomic E-state index is 6.69. The molecule has 0 radical (unpaired) electrons. The molecule has 0 spiro atoms. The first-order chi connectivity index (χ1) is 24.9. The molecule has 6 aromatic rings. The van der Waals surface area contributed by atoms with Crippen molar-refractivity contribution in [2.24, 2.45) is 10.9 Å². The fourth-order valence-corrected chi connectivity index (χ4v) is 7.74. The number of pyridine rings is 1. The number of amidine groups is 1. The molecule has 0 aliphatic carbocycles. The number of hydrogen-bond acceptors (Lipinski definition) is 4. The highest BCUT2D eigenvalue weighted by Crippen LogP contribution is 2.38. The molecule has 4 aromatic carbocycles. The lowest BCUT2D eigenvalue weighted by Gasteiger charge is -2.30. The molecular formula is C47H54N4O. The van der Waals surface area contributed by atoms with Gasteiger partial charge in [0.05, 0.1) is 17.1 Å². The number of rotatable bonds is 10. The third kappa shape index (κ3) is 7.11. The Bertz CT molecular complexity index is 2180. The number of hydrogen-bond donors (Lipinski definition) is 0. The van der Waals surface area contributed by atoms with Gasteiger partial charge in [0.2, 0.25) is 0 Å². The summed E-state index contributed by atoms with van der Waals surface area (Å²) >= 11 is 0. The Hall–Kier alpha value is -4.90. The number of benzene rings is 4. The zero-order chi connectivity index (χ0) is 36.6. The van der Waals surface area contributed by atoms with Gasteiger partial charge in [-0.3, -0.25) is 9.56 Å². The van der Waals surface area contributed by atoms with Crippen LogP contribution < -0.4 is 9.64 Å². The molecule has 0 saturated carbocycles. The van der Waals surface area contributed by atoms with Crippen LogP contribution in [0, 0.1) is 5.92 Å². The van der Waals surface area contributed by atoms with Crippen molar-refractivity contribution >= 4 is 33.3 Å². The fraction of sp³-hybridized carbons (Fsp3) is 0.362. The number of aliphatic imine (C=N–C) groups is 1. The Kier molecular flexibility index (Phi) is 9.73. The van der Waals surface area contributed by atoms with Crippen molar-refractivity contribution in [1.82, 2.24) is 9.55 Å². The van der Waals surface area contributed by atoms with Crippen molar-refractivity contribution in [3.63, 3.8) is 0 Å². The van der Waals surface area contributed by atoms with Crippen molar-refractivity contribution in [3.8, 4) is 17.3 Å². The molecule has 5 nitrogen and oxygen atoms in total. The molecule has 0 bridgehead atoms. The number of anilines is 1. The van der Waals surface area contributed by atoms with Crippen molar-refractivity contribution in [2.45, 2.75) is 97.9 Å². The van der Waals surface area contributed by atoms with E-state index in [1.807, 2.05) is 24.4 Å². The summed E-state index contributed by atoms with van der Waals surface area (Å²) in [7, 11) is 0. The average Bonchev–Trinajstić information content (AvgIpc) is 3.71. The number of nitrogens with zero attached hydrogens (tertiary/aromatic N) is 4. The van der Waals surface area contributed by atoms with Crippen LogP contribution in [0.1, 0.15) is 97.8 Å². The highest BCUT2D eigenvalue weighted by molar-refractivity contribution is 6.12. The van der Waals surface area contributed by atoms with Gasteiger partial charge in [-0.15, -0.1) is 0 Å². The van der Waals surface area contributed by atoms with E-state index in [2.05, 4.69) is 150 Å². The van der Waals surface area contributed by atoms with Crippen LogP contribution in [0.15, 0.2) is 114 Å². The third-order valence-corrected chi connectivity index (χ3v) is 10.6. The highest BCUT2D eigenvalue weighted by atomic mass is 16.5. The van der Waals surface area contributed by atoms with E-state index < -0.39 is 0 Å². The predicted octanol–water partition coefficient (Wildman–Crippen LogP) is 12.4. The molecule has 0 saturated heterocycles. The first-order valence-electron chi connectivity index (χ1n) is 19.2. The van der Waals surface area contributed by atoms with Crippen LogP contribution in [-0.2, 0) is 10.8 Å². The van der Waals surface area contributed by atoms with Gasteiger partial charge in [-0.2, -0.15) is 0 Å². The van der Waals surface area contributed by atoms with Gasteiger partial charge in [0.1, 0.15) is 23.2 Å². The van der Waals surface area contributed by atoms with Crippen LogP contribution in [0.2, 0.25) is 0 Å². The summed E-state index contributed by atoms with van der Waals surface area (Å²) in [5.74, 6) is 4.05. The quantitative estimate of drug-likeness (QED) is 0.144. The van der Waals surface area contributed by atoms with E-state index in [4.69, 9.17) is 14.7 Å². The van der Waals surface area contributed by atoms with E-state index in [0.717, 1.165) is 46.3 Å². The Morgan fingerprint density at radius 3 is 2.04 bits per heavy atom. The zero-order valence-electron chi connectivity index (χ0n) is 32.3. The fourth-order valence-electron chi connectivity index (χ4n) is 7.74. The number of fused-ring (bicyclic) bond motifs is 3. The molecule has 268 valence electrons. The smallest absolute Gasteiger partial charge is 0.137 e. The van der Waals surface area contributed by atoms with Gasteiger partial charge < -0.3 is 9.64 Å². The number of ether oxygens (including phenoxy) is 1. The van der Waals surface area contributed by atoms with Crippen molar-refractivity contribution < 1.29 is 4.74 Å². The van der Waals surface area contributed by atoms with Gasteiger partial charge in [-0.05, 0) is 95.3 Å². The minimum Gasteiger partial charge on any atom is -0.457 e. The predicted molar refractivity (Wildman–Crippen MR) is 220 cm³/mol. The van der Waals surface area contributed by atoms with Crippen molar-refractivity contribution in [3.05, 3.63) is 126 Å². The molecule has 1 atom stereocenters. The van der Waals surface area contributed by atoms with Gasteiger partial charge in [0, 0.05) is 40.8 Å². The summed E-state index contributed by atoms with van der Waals surface area (Å²) in [4.78, 5) is 12.8. The molecule has 0 amide bonds. The normalized spacial score (nSPS) is 15.2. The van der Waals surface area contributed by atoms with Crippen LogP contribution >= 0.6 is 0 Å². The minimum absolute atomic E-state index is 0.0243. The summed E-state index contributed by atoms with van der Waals surface area (Å²) in [5, 5.41) is 2.37. The van der Waals surface area contributed by atoms with Gasteiger partial charge in [-0.1, -0.05) is 111 Å². The molecule has 52 heavy (non-hydrogen) atoms. The first-order valence-corrected chi connectivity index (χ1v) is 19.2. The summed E-state index contributed by atoms with van der Waals surface area (Å²) in [6, 6.07) is 36.9. The van der Waals surface area contributed by atoms with E-state index in [1.54, 1.807) is 0 Å². The Morgan fingerprint density at radius 2 is 1.37 bits per heavy atom. The van der Waals surface area contributed by atoms with Crippen LogP contribution in [0.5, 0.6) is 11.5 Å². The van der Waals surface area contributed by atoms with E-state index >= 15 is 0 Å². The second-order valence-corrected chi connectivity index (χ2v) is 16.6. The van der Waals surface area contributed by atoms with Gasteiger partial charge in [0.15, 0.2) is 0 Å². The van der Waals surface area contributed by atoms with Gasteiger partial charge in [-0.25, -0.2) is 4.98 Å². The Balaban J connectivity index is 1.29. The lowest BCUT2D eigenvalue weighted by atomic mass is 9.80. The summed E-state index contributed by atoms with van der Waals surface area (Å²) < 4.78 is 8.91. The second-order valence-electron chi connectivity index (χ2n) is 16.6. The van der Waals surface area contributed by atoms with E-state index in [0.29, 0.717) is 5.92 Å². The zero-order valence-corrected chi connectivity index (χ0v) is 32.3. The maximum absolute atomic E-state index is 6.69. The third-order valence-electron chi connectivity index (χ3n) is 10.6. The largest absolute Gasteiger partial charge is 0.457 e. The van der Waals surface area contributed by atoms with Gasteiger partial charge in [0.25, 0.3) is 0 Å². The SMILES string of the molecule is CCCC(CCC)[C@H]1CN(c2cc(C(C)(C)C)cc(C(C)(C)C)c2)C(c2cccc(Oc3ccc4c5ccccc5n(-c5ccccn5)c4c3)c2)=N1. The van der Waals surface area contributed by atoms with Crippen molar-refractivity contribution in [1.29, 1.82) is 0 Å². The topological polar surface area (TPSA) is 42.6 Å². The average molecular weight is 691 g/mol. The molecule has 7 rings (SSSR count). The van der Waals surface area contributed by atoms with Crippen LogP contribution in [0.4, 0.5) is 5.69 Å².